The summed E-state index contributed by atoms with van der Waals surface area (Å²) in [6.07, 6.45) is 10.0. The molecule has 1 saturated carbocycles. The maximum atomic E-state index is 13.8. The summed E-state index contributed by atoms with van der Waals surface area (Å²) in [4.78, 5) is 41.6. The van der Waals surface area contributed by atoms with E-state index in [1.54, 1.807) is 12.1 Å². The van der Waals surface area contributed by atoms with Crippen molar-refractivity contribution >= 4 is 34.8 Å². The lowest BCUT2D eigenvalue weighted by molar-refractivity contribution is -0.255. The van der Waals surface area contributed by atoms with Crippen LogP contribution in [0.15, 0.2) is 72.8 Å². The highest BCUT2D eigenvalue weighted by molar-refractivity contribution is 5.93. The number of aliphatic hydroxyl groups excluding tert-OH is 1. The summed E-state index contributed by atoms with van der Waals surface area (Å²) in [6.45, 7) is 6.70. The van der Waals surface area contributed by atoms with Crippen LogP contribution >= 0.6 is 0 Å². The van der Waals surface area contributed by atoms with E-state index in [9.17, 15) is 19.5 Å². The maximum Gasteiger partial charge on any atom is 0.237 e. The normalized spacial score (nSPS) is 23.9. The lowest BCUT2D eigenvalue weighted by Gasteiger charge is -2.50. The summed E-state index contributed by atoms with van der Waals surface area (Å²) in [5, 5.41) is 18.9. The number of nitrogens with one attached hydrogen (secondary N) is 3. The zero-order valence-electron chi connectivity index (χ0n) is 34.0. The van der Waals surface area contributed by atoms with Crippen molar-refractivity contribution in [3.8, 4) is 0 Å². The maximum absolute atomic E-state index is 13.8. The van der Waals surface area contributed by atoms with Crippen molar-refractivity contribution in [2.45, 2.75) is 147 Å². The second-order valence-electron chi connectivity index (χ2n) is 17.2. The van der Waals surface area contributed by atoms with Gasteiger partial charge in [0.05, 0.1) is 36.2 Å². The highest BCUT2D eigenvalue weighted by Crippen LogP contribution is 2.42. The Labute approximate surface area is 338 Å². The van der Waals surface area contributed by atoms with Crippen LogP contribution in [0.3, 0.4) is 0 Å². The van der Waals surface area contributed by atoms with Crippen LogP contribution in [0.5, 0.6) is 0 Å². The summed E-state index contributed by atoms with van der Waals surface area (Å²) in [7, 11) is 0. The molecule has 1 aliphatic carbocycles. The zero-order chi connectivity index (χ0) is 40.4. The first-order valence-corrected chi connectivity index (χ1v) is 21.1. The van der Waals surface area contributed by atoms with E-state index in [-0.39, 0.29) is 48.1 Å². The van der Waals surface area contributed by atoms with Crippen LogP contribution in [-0.4, -0.2) is 58.0 Å². The van der Waals surface area contributed by atoms with Crippen molar-refractivity contribution in [1.29, 1.82) is 0 Å². The number of aliphatic hydroxyl groups is 1. The van der Waals surface area contributed by atoms with Crippen molar-refractivity contribution in [3.63, 3.8) is 0 Å². The van der Waals surface area contributed by atoms with Crippen molar-refractivity contribution in [1.82, 2.24) is 10.2 Å². The van der Waals surface area contributed by atoms with Crippen LogP contribution in [0, 0.1) is 5.92 Å². The predicted octanol–water partition coefficient (Wildman–Crippen LogP) is 8.16. The van der Waals surface area contributed by atoms with Crippen molar-refractivity contribution < 1.29 is 29.0 Å². The van der Waals surface area contributed by atoms with Gasteiger partial charge in [0.15, 0.2) is 6.29 Å². The molecule has 11 nitrogen and oxygen atoms in total. The van der Waals surface area contributed by atoms with Crippen molar-refractivity contribution in [3.05, 3.63) is 89.5 Å². The van der Waals surface area contributed by atoms with Crippen LogP contribution in [0.25, 0.3) is 0 Å². The van der Waals surface area contributed by atoms with Gasteiger partial charge in [-0.25, -0.2) is 0 Å². The number of anilines is 3. The van der Waals surface area contributed by atoms with Gasteiger partial charge in [0.1, 0.15) is 0 Å². The Morgan fingerprint density at radius 2 is 1.53 bits per heavy atom. The second kappa shape index (κ2) is 19.9. The van der Waals surface area contributed by atoms with Gasteiger partial charge in [0, 0.05) is 48.6 Å². The van der Waals surface area contributed by atoms with E-state index in [4.69, 9.17) is 15.2 Å². The van der Waals surface area contributed by atoms with Gasteiger partial charge in [-0.1, -0.05) is 74.2 Å². The number of carbonyl (C=O) groups excluding carboxylic acids is 3. The van der Waals surface area contributed by atoms with E-state index in [0.29, 0.717) is 54.8 Å². The average molecular weight is 782 g/mol. The van der Waals surface area contributed by atoms with Gasteiger partial charge in [-0.15, -0.1) is 0 Å². The van der Waals surface area contributed by atoms with Crippen LogP contribution in [0.2, 0.25) is 0 Å². The summed E-state index contributed by atoms with van der Waals surface area (Å²) in [6, 6.07) is 22.9. The standard InChI is InChI=1S/C46H63N5O6/c1-46(2,3)50-44(55)40-26-25-32-13-8-11-18-39(32)51(40)29-36-28-41(33-23-21-31(30-52)22-24-33)57-45(56-36)34-14-12-15-35(27-34)48-42(53)19-6-4-5-7-20-43(54)49-38-17-10-9-16-37(38)47/h9-10,12,14-17,21-24,27,32,36,39-41,45,52H,4-8,11,13,18-20,25-26,28-30,47H2,1-3H3,(H,48,53)(H,49,54)(H,50,55)/t32-,36+,39-,40-,41-,45-/m1/s1. The Bertz CT molecular complexity index is 1790. The first-order chi connectivity index (χ1) is 27.5. The first kappa shape index (κ1) is 42.3. The number of hydrogen-bond donors (Lipinski definition) is 5. The lowest BCUT2D eigenvalue weighted by Crippen LogP contribution is -2.61. The predicted molar refractivity (Wildman–Crippen MR) is 224 cm³/mol. The SMILES string of the molecule is CC(C)(C)NC(=O)[C@H]1CC[C@H]2CCCC[C@H]2N1C[C@@H]1C[C@H](c2ccc(CO)cc2)O[C@H](c2cccc(NC(=O)CCCCCCC(=O)Nc3ccccc3N)c2)O1. The Kier molecular flexibility index (Phi) is 14.8. The van der Waals surface area contributed by atoms with E-state index in [1.165, 1.54) is 19.3 Å². The Hall–Kier alpha value is -4.29. The lowest BCUT2D eigenvalue weighted by atomic mass is 9.75. The van der Waals surface area contributed by atoms with E-state index in [1.807, 2.05) is 81.4 Å². The van der Waals surface area contributed by atoms with Gasteiger partial charge in [-0.05, 0) is 101 Å². The molecule has 2 heterocycles. The summed E-state index contributed by atoms with van der Waals surface area (Å²) >= 11 is 0. The van der Waals surface area contributed by atoms with Gasteiger partial charge in [0.25, 0.3) is 0 Å². The topological polar surface area (TPSA) is 155 Å². The molecule has 57 heavy (non-hydrogen) atoms. The number of fused-ring (bicyclic) bond motifs is 1. The third kappa shape index (κ3) is 12.1. The number of likely N-dealkylation sites (tertiary alicyclic amines) is 1. The molecule has 0 unspecified atom stereocenters. The van der Waals surface area contributed by atoms with Gasteiger partial charge >= 0.3 is 0 Å². The zero-order valence-corrected chi connectivity index (χ0v) is 34.0. The highest BCUT2D eigenvalue weighted by Gasteiger charge is 2.44. The molecule has 11 heteroatoms. The van der Waals surface area contributed by atoms with Crippen LogP contribution in [-0.2, 0) is 30.5 Å². The molecule has 2 saturated heterocycles. The van der Waals surface area contributed by atoms with Gasteiger partial charge < -0.3 is 36.3 Å². The molecular formula is C46H63N5O6. The molecule has 0 bridgehead atoms. The summed E-state index contributed by atoms with van der Waals surface area (Å²) in [5.41, 5.74) is 10.1. The van der Waals surface area contributed by atoms with Gasteiger partial charge in [-0.2, -0.15) is 0 Å². The minimum atomic E-state index is -0.688. The summed E-state index contributed by atoms with van der Waals surface area (Å²) < 4.78 is 13.5. The van der Waals surface area contributed by atoms with Crippen LogP contribution < -0.4 is 21.7 Å². The number of nitrogen functional groups attached to an aromatic ring is 1. The Morgan fingerprint density at radius 1 is 0.807 bits per heavy atom. The molecule has 0 aromatic heterocycles. The number of carbonyl (C=O) groups is 3. The second-order valence-corrected chi connectivity index (χ2v) is 17.2. The molecule has 3 aromatic rings. The van der Waals surface area contributed by atoms with Crippen molar-refractivity contribution in [2.75, 3.05) is 22.9 Å². The van der Waals surface area contributed by atoms with Gasteiger partial charge in [0.2, 0.25) is 17.7 Å². The average Bonchev–Trinajstić information content (AvgIpc) is 3.19. The largest absolute Gasteiger partial charge is 0.397 e. The molecule has 2 aliphatic heterocycles. The van der Waals surface area contributed by atoms with E-state index >= 15 is 0 Å². The van der Waals surface area contributed by atoms with E-state index in [2.05, 4.69) is 20.9 Å². The molecule has 0 spiro atoms. The molecular weight excluding hydrogens is 719 g/mol. The Balaban J connectivity index is 1.08. The number of amides is 3. The third-order valence-corrected chi connectivity index (χ3v) is 11.6. The monoisotopic (exact) mass is 781 g/mol. The number of para-hydroxylation sites is 2. The third-order valence-electron chi connectivity index (χ3n) is 11.6. The Morgan fingerprint density at radius 3 is 2.25 bits per heavy atom. The molecule has 0 radical (unpaired) electrons. The fraction of sp³-hybridized carbons (Fsp3) is 0.543. The van der Waals surface area contributed by atoms with E-state index in [0.717, 1.165) is 61.6 Å². The first-order valence-electron chi connectivity index (χ1n) is 21.1. The molecule has 3 aromatic carbocycles. The number of nitrogens with zero attached hydrogens (tertiary/aromatic N) is 1. The molecule has 6 N–H and O–H groups in total. The molecule has 3 fully saturated rings. The molecule has 3 amide bonds. The smallest absolute Gasteiger partial charge is 0.237 e. The molecule has 6 rings (SSSR count). The molecule has 3 aliphatic rings. The minimum absolute atomic E-state index is 0.0294. The highest BCUT2D eigenvalue weighted by atomic mass is 16.7. The number of piperidine rings is 1. The number of nitrogens with two attached hydrogens (primary N) is 1. The number of benzene rings is 3. The number of unbranched alkanes of at least 4 members (excludes halogenated alkanes) is 3. The molecule has 308 valence electrons. The fourth-order valence-corrected chi connectivity index (χ4v) is 8.73. The summed E-state index contributed by atoms with van der Waals surface area (Å²) in [5.74, 6) is 0.543. The van der Waals surface area contributed by atoms with Gasteiger partial charge in [-0.3, -0.25) is 19.3 Å². The number of rotatable bonds is 15. The van der Waals surface area contributed by atoms with Crippen molar-refractivity contribution in [2.24, 2.45) is 5.92 Å². The number of ether oxygens (including phenoxy) is 2. The fourth-order valence-electron chi connectivity index (χ4n) is 8.73. The number of hydrogen-bond acceptors (Lipinski definition) is 8. The van der Waals surface area contributed by atoms with Crippen LogP contribution in [0.1, 0.15) is 133 Å². The van der Waals surface area contributed by atoms with Crippen LogP contribution in [0.4, 0.5) is 17.1 Å². The quantitative estimate of drug-likeness (QED) is 0.0765. The van der Waals surface area contributed by atoms with E-state index < -0.39 is 6.29 Å². The molecule has 6 atom stereocenters. The minimum Gasteiger partial charge on any atom is -0.397 e.